The lowest BCUT2D eigenvalue weighted by Crippen LogP contribution is -2.59. The van der Waals surface area contributed by atoms with Gasteiger partial charge in [0.1, 0.15) is 12.7 Å². The van der Waals surface area contributed by atoms with Crippen LogP contribution < -0.4 is 0 Å². The molecule has 0 radical (unpaired) electrons. The predicted molar refractivity (Wildman–Crippen MR) is 40.6 cm³/mol. The molecule has 3 atom stereocenters. The number of hydrogen-bond donors (Lipinski definition) is 4. The predicted octanol–water partition coefficient (Wildman–Crippen LogP) is -2.22. The van der Waals surface area contributed by atoms with E-state index in [4.69, 9.17) is 9.84 Å². The molecular formula is C7H14O6. The summed E-state index contributed by atoms with van der Waals surface area (Å²) in [5.74, 6) is -3.59. The van der Waals surface area contributed by atoms with Crippen LogP contribution in [0.15, 0.2) is 0 Å². The molecule has 0 amide bonds. The normalized spacial score (nSPS) is 46.4. The Hall–Kier alpha value is -0.240. The van der Waals surface area contributed by atoms with Crippen LogP contribution in [0.4, 0.5) is 0 Å². The third-order valence-corrected chi connectivity index (χ3v) is 2.18. The maximum Gasteiger partial charge on any atom is 0.216 e. The van der Waals surface area contributed by atoms with Crippen LogP contribution in [0.2, 0.25) is 0 Å². The monoisotopic (exact) mass is 194 g/mol. The van der Waals surface area contributed by atoms with Crippen molar-refractivity contribution < 1.29 is 29.9 Å². The number of rotatable bonds is 2. The van der Waals surface area contributed by atoms with Crippen LogP contribution >= 0.6 is 0 Å². The Morgan fingerprint density at radius 1 is 1.54 bits per heavy atom. The Kier molecular flexibility index (Phi) is 2.91. The lowest BCUT2D eigenvalue weighted by Gasteiger charge is -2.42. The molecule has 0 spiro atoms. The Morgan fingerprint density at radius 2 is 2.15 bits per heavy atom. The van der Waals surface area contributed by atoms with Gasteiger partial charge in [-0.25, -0.2) is 0 Å². The summed E-state index contributed by atoms with van der Waals surface area (Å²) in [5.41, 5.74) is 0. The minimum atomic E-state index is -1.80. The Balaban J connectivity index is 2.66. The Labute approximate surface area is 75.3 Å². The molecule has 13 heavy (non-hydrogen) atoms. The third-order valence-electron chi connectivity index (χ3n) is 2.18. The summed E-state index contributed by atoms with van der Waals surface area (Å²) in [4.78, 5) is 0. The van der Waals surface area contributed by atoms with Gasteiger partial charge in [-0.3, -0.25) is 0 Å². The van der Waals surface area contributed by atoms with Gasteiger partial charge in [0.05, 0.1) is 6.61 Å². The second kappa shape index (κ2) is 3.49. The van der Waals surface area contributed by atoms with Crippen molar-refractivity contribution in [1.29, 1.82) is 0 Å². The quantitative estimate of drug-likeness (QED) is 0.372. The van der Waals surface area contributed by atoms with Crippen LogP contribution in [0, 0.1) is 0 Å². The average molecular weight is 194 g/mol. The highest BCUT2D eigenvalue weighted by Crippen LogP contribution is 2.29. The molecule has 0 saturated carbocycles. The van der Waals surface area contributed by atoms with Gasteiger partial charge in [0.25, 0.3) is 0 Å². The smallest absolute Gasteiger partial charge is 0.216 e. The highest BCUT2D eigenvalue weighted by Gasteiger charge is 2.48. The van der Waals surface area contributed by atoms with E-state index in [1.807, 2.05) is 0 Å². The lowest BCUT2D eigenvalue weighted by atomic mass is 9.98. The van der Waals surface area contributed by atoms with Gasteiger partial charge in [-0.15, -0.1) is 0 Å². The van der Waals surface area contributed by atoms with E-state index in [1.54, 1.807) is 0 Å². The topological polar surface area (TPSA) is 99.4 Å². The van der Waals surface area contributed by atoms with E-state index in [0.29, 0.717) is 0 Å². The maximum atomic E-state index is 9.49. The first-order valence-electron chi connectivity index (χ1n) is 3.88. The Bertz CT molecular complexity index is 186. The summed E-state index contributed by atoms with van der Waals surface area (Å²) in [6.45, 7) is -1.02. The summed E-state index contributed by atoms with van der Waals surface area (Å²) in [6.07, 6.45) is -1.59. The molecule has 1 rings (SSSR count). The van der Waals surface area contributed by atoms with E-state index in [9.17, 15) is 15.3 Å². The van der Waals surface area contributed by atoms with Crippen LogP contribution in [0.3, 0.4) is 0 Å². The SMILES string of the molecule is COC1(O)COC(O)(CO)CC1O. The van der Waals surface area contributed by atoms with Crippen molar-refractivity contribution in [3.63, 3.8) is 0 Å². The van der Waals surface area contributed by atoms with Crippen molar-refractivity contribution >= 4 is 0 Å². The van der Waals surface area contributed by atoms with Gasteiger partial charge < -0.3 is 29.9 Å². The zero-order chi connectivity index (χ0) is 10.1. The molecular weight excluding hydrogens is 180 g/mol. The fourth-order valence-corrected chi connectivity index (χ4v) is 1.16. The second-order valence-electron chi connectivity index (χ2n) is 3.16. The van der Waals surface area contributed by atoms with Crippen molar-refractivity contribution in [3.8, 4) is 0 Å². The van der Waals surface area contributed by atoms with Gasteiger partial charge in [0, 0.05) is 13.5 Å². The molecule has 0 bridgehead atoms. The first-order chi connectivity index (χ1) is 5.96. The van der Waals surface area contributed by atoms with Crippen LogP contribution in [0.1, 0.15) is 6.42 Å². The molecule has 0 aromatic heterocycles. The molecule has 0 aromatic rings. The average Bonchev–Trinajstić information content (AvgIpc) is 2.13. The minimum Gasteiger partial charge on any atom is -0.391 e. The number of aliphatic hydroxyl groups excluding tert-OH is 2. The molecule has 3 unspecified atom stereocenters. The van der Waals surface area contributed by atoms with E-state index in [0.717, 1.165) is 0 Å². The molecule has 0 aliphatic carbocycles. The molecule has 1 aliphatic rings. The molecule has 6 nitrogen and oxygen atoms in total. The van der Waals surface area contributed by atoms with Crippen molar-refractivity contribution in [1.82, 2.24) is 0 Å². The molecule has 1 saturated heterocycles. The van der Waals surface area contributed by atoms with Gasteiger partial charge in [0.15, 0.2) is 5.79 Å². The standard InChI is InChI=1S/C7H14O6/c1-12-7(11)4-13-6(10,3-8)2-5(7)9/h5,8-11H,2-4H2,1H3. The second-order valence-corrected chi connectivity index (χ2v) is 3.16. The van der Waals surface area contributed by atoms with Gasteiger partial charge in [-0.2, -0.15) is 0 Å². The van der Waals surface area contributed by atoms with Crippen LogP contribution in [0.25, 0.3) is 0 Å². The third kappa shape index (κ3) is 1.98. The molecule has 1 heterocycles. The van der Waals surface area contributed by atoms with Gasteiger partial charge in [-0.1, -0.05) is 0 Å². The van der Waals surface area contributed by atoms with Gasteiger partial charge in [-0.05, 0) is 0 Å². The van der Waals surface area contributed by atoms with Crippen molar-refractivity contribution in [2.24, 2.45) is 0 Å². The van der Waals surface area contributed by atoms with Crippen molar-refractivity contribution in [2.45, 2.75) is 24.1 Å². The van der Waals surface area contributed by atoms with Crippen LogP contribution in [0.5, 0.6) is 0 Å². The fraction of sp³-hybridized carbons (Fsp3) is 1.00. The first-order valence-corrected chi connectivity index (χ1v) is 3.88. The van der Waals surface area contributed by atoms with Crippen molar-refractivity contribution in [2.75, 3.05) is 20.3 Å². The highest BCUT2D eigenvalue weighted by atomic mass is 16.7. The summed E-state index contributed by atoms with van der Waals surface area (Å²) >= 11 is 0. The molecule has 78 valence electrons. The molecule has 4 N–H and O–H groups in total. The maximum absolute atomic E-state index is 9.49. The van der Waals surface area contributed by atoms with E-state index in [-0.39, 0.29) is 13.0 Å². The van der Waals surface area contributed by atoms with E-state index in [1.165, 1.54) is 7.11 Å². The van der Waals surface area contributed by atoms with Gasteiger partial charge >= 0.3 is 0 Å². The molecule has 1 fully saturated rings. The molecule has 1 aliphatic heterocycles. The largest absolute Gasteiger partial charge is 0.391 e. The van der Waals surface area contributed by atoms with Gasteiger partial charge in [0.2, 0.25) is 5.79 Å². The van der Waals surface area contributed by atoms with E-state index in [2.05, 4.69) is 4.74 Å². The molecule has 0 aromatic carbocycles. The minimum absolute atomic E-state index is 0.298. The molecule has 6 heteroatoms. The van der Waals surface area contributed by atoms with Crippen molar-refractivity contribution in [3.05, 3.63) is 0 Å². The zero-order valence-electron chi connectivity index (χ0n) is 7.30. The number of hydrogen-bond acceptors (Lipinski definition) is 6. The van der Waals surface area contributed by atoms with E-state index >= 15 is 0 Å². The highest BCUT2D eigenvalue weighted by molar-refractivity contribution is 4.87. The van der Waals surface area contributed by atoms with Crippen LogP contribution in [-0.2, 0) is 9.47 Å². The number of aliphatic hydroxyl groups is 4. The summed E-state index contributed by atoms with van der Waals surface area (Å²) in [5, 5.41) is 36.9. The number of methoxy groups -OCH3 is 1. The fourth-order valence-electron chi connectivity index (χ4n) is 1.16. The summed E-state index contributed by atoms with van der Waals surface area (Å²) in [7, 11) is 1.22. The number of ether oxygens (including phenoxy) is 2. The first kappa shape index (κ1) is 10.8. The van der Waals surface area contributed by atoms with E-state index < -0.39 is 24.3 Å². The van der Waals surface area contributed by atoms with Crippen LogP contribution in [-0.4, -0.2) is 58.4 Å². The summed E-state index contributed by atoms with van der Waals surface area (Å²) in [6, 6.07) is 0. The zero-order valence-corrected chi connectivity index (χ0v) is 7.30. The lowest BCUT2D eigenvalue weighted by molar-refractivity contribution is -0.362. The Morgan fingerprint density at radius 3 is 2.54 bits per heavy atom. The summed E-state index contributed by atoms with van der Waals surface area (Å²) < 4.78 is 9.38.